The van der Waals surface area contributed by atoms with Gasteiger partial charge in [0.25, 0.3) is 0 Å². The summed E-state index contributed by atoms with van der Waals surface area (Å²) in [7, 11) is 0. The molecule has 1 saturated carbocycles. The third-order valence-corrected chi connectivity index (χ3v) is 6.54. The Morgan fingerprint density at radius 1 is 1.25 bits per heavy atom. The maximum Gasteiger partial charge on any atom is 0.113 e. The molecular formula is C17H28N2S. The van der Waals surface area contributed by atoms with Crippen molar-refractivity contribution in [1.82, 2.24) is 10.3 Å². The lowest BCUT2D eigenvalue weighted by atomic mass is 9.75. The number of hydrogen-bond donors (Lipinski definition) is 1. The Kier molecular flexibility index (Phi) is 4.46. The number of rotatable bonds is 5. The van der Waals surface area contributed by atoms with Crippen molar-refractivity contribution in [2.45, 2.75) is 77.2 Å². The van der Waals surface area contributed by atoms with Crippen LogP contribution >= 0.6 is 11.3 Å². The van der Waals surface area contributed by atoms with Crippen molar-refractivity contribution in [3.63, 3.8) is 0 Å². The SMILES string of the molecule is CCCC1CCC(NCC)(c2nc3c(s2)CCC3)CC1. The summed E-state index contributed by atoms with van der Waals surface area (Å²) < 4.78 is 0. The molecule has 0 spiro atoms. The van der Waals surface area contributed by atoms with E-state index in [1.54, 1.807) is 4.88 Å². The standard InChI is InChI=1S/C17H28N2S/c1-3-6-13-9-11-17(12-10-13,18-4-2)16-19-14-7-5-8-15(14)20-16/h13,18H,3-12H2,1-2H3. The zero-order chi connectivity index (χ0) is 14.0. The normalized spacial score (nSPS) is 29.6. The lowest BCUT2D eigenvalue weighted by Crippen LogP contribution is -2.45. The van der Waals surface area contributed by atoms with Crippen LogP contribution in [0.3, 0.4) is 0 Å². The van der Waals surface area contributed by atoms with Crippen LogP contribution in [0.5, 0.6) is 0 Å². The van der Waals surface area contributed by atoms with Crippen molar-refractivity contribution in [2.24, 2.45) is 5.92 Å². The molecule has 1 heterocycles. The molecule has 2 aliphatic rings. The van der Waals surface area contributed by atoms with Gasteiger partial charge >= 0.3 is 0 Å². The minimum Gasteiger partial charge on any atom is -0.306 e. The highest BCUT2D eigenvalue weighted by molar-refractivity contribution is 7.12. The minimum atomic E-state index is 0.202. The van der Waals surface area contributed by atoms with Gasteiger partial charge in [-0.3, -0.25) is 0 Å². The van der Waals surface area contributed by atoms with Crippen molar-refractivity contribution in [3.05, 3.63) is 15.6 Å². The smallest absolute Gasteiger partial charge is 0.113 e. The predicted molar refractivity (Wildman–Crippen MR) is 86.4 cm³/mol. The number of aromatic nitrogens is 1. The van der Waals surface area contributed by atoms with Crippen molar-refractivity contribution in [3.8, 4) is 0 Å². The second-order valence-corrected chi connectivity index (χ2v) is 7.67. The lowest BCUT2D eigenvalue weighted by Gasteiger charge is -2.39. The van der Waals surface area contributed by atoms with Crippen LogP contribution in [0.4, 0.5) is 0 Å². The van der Waals surface area contributed by atoms with Crippen LogP contribution in [0.1, 0.15) is 74.4 Å². The monoisotopic (exact) mass is 292 g/mol. The number of hydrogen-bond acceptors (Lipinski definition) is 3. The first-order chi connectivity index (χ1) is 9.77. The quantitative estimate of drug-likeness (QED) is 0.868. The topological polar surface area (TPSA) is 24.9 Å². The number of fused-ring (bicyclic) bond motifs is 1. The molecule has 0 aromatic carbocycles. The molecule has 1 aromatic heterocycles. The van der Waals surface area contributed by atoms with Crippen LogP contribution in [-0.2, 0) is 18.4 Å². The van der Waals surface area contributed by atoms with E-state index in [2.05, 4.69) is 19.2 Å². The average molecular weight is 292 g/mol. The second kappa shape index (κ2) is 6.15. The Balaban J connectivity index is 1.78. The van der Waals surface area contributed by atoms with Crippen LogP contribution in [0.2, 0.25) is 0 Å². The Labute approximate surface area is 127 Å². The molecule has 0 aliphatic heterocycles. The molecule has 1 N–H and O–H groups in total. The summed E-state index contributed by atoms with van der Waals surface area (Å²) in [6.45, 7) is 5.61. The molecular weight excluding hydrogens is 264 g/mol. The zero-order valence-corrected chi connectivity index (χ0v) is 13.8. The molecule has 112 valence electrons. The first kappa shape index (κ1) is 14.5. The zero-order valence-electron chi connectivity index (χ0n) is 13.0. The highest BCUT2D eigenvalue weighted by Crippen LogP contribution is 2.44. The van der Waals surface area contributed by atoms with E-state index in [0.29, 0.717) is 0 Å². The van der Waals surface area contributed by atoms with E-state index in [9.17, 15) is 0 Å². The highest BCUT2D eigenvalue weighted by Gasteiger charge is 2.39. The first-order valence-corrected chi connectivity index (χ1v) is 9.33. The van der Waals surface area contributed by atoms with E-state index >= 15 is 0 Å². The Morgan fingerprint density at radius 3 is 2.70 bits per heavy atom. The van der Waals surface area contributed by atoms with Crippen LogP contribution < -0.4 is 5.32 Å². The van der Waals surface area contributed by atoms with Crippen molar-refractivity contribution in [1.29, 1.82) is 0 Å². The van der Waals surface area contributed by atoms with Gasteiger partial charge in [0, 0.05) is 4.88 Å². The summed E-state index contributed by atoms with van der Waals surface area (Å²) in [5.74, 6) is 0.957. The third kappa shape index (κ3) is 2.67. The van der Waals surface area contributed by atoms with E-state index in [4.69, 9.17) is 4.98 Å². The van der Waals surface area contributed by atoms with E-state index < -0.39 is 0 Å². The van der Waals surface area contributed by atoms with Gasteiger partial charge in [-0.1, -0.05) is 26.7 Å². The fourth-order valence-electron chi connectivity index (χ4n) is 4.07. The van der Waals surface area contributed by atoms with Crippen LogP contribution in [0, 0.1) is 5.92 Å². The van der Waals surface area contributed by atoms with Gasteiger partial charge in [-0.25, -0.2) is 4.98 Å². The maximum atomic E-state index is 5.03. The molecule has 2 nitrogen and oxygen atoms in total. The van der Waals surface area contributed by atoms with Gasteiger partial charge in [0.15, 0.2) is 0 Å². The molecule has 0 bridgehead atoms. The molecule has 1 aromatic rings. The van der Waals surface area contributed by atoms with Crippen LogP contribution in [-0.4, -0.2) is 11.5 Å². The van der Waals surface area contributed by atoms with Gasteiger partial charge in [0.1, 0.15) is 5.01 Å². The van der Waals surface area contributed by atoms with Gasteiger partial charge in [0.05, 0.1) is 11.2 Å². The Bertz CT molecular complexity index is 422. The summed E-state index contributed by atoms with van der Waals surface area (Å²) in [4.78, 5) is 6.61. The van der Waals surface area contributed by atoms with Gasteiger partial charge in [0.2, 0.25) is 0 Å². The summed E-state index contributed by atoms with van der Waals surface area (Å²) in [6.07, 6.45) is 11.9. The summed E-state index contributed by atoms with van der Waals surface area (Å²) >= 11 is 2.01. The van der Waals surface area contributed by atoms with E-state index in [1.165, 1.54) is 68.5 Å². The molecule has 0 unspecified atom stereocenters. The van der Waals surface area contributed by atoms with Gasteiger partial charge in [-0.15, -0.1) is 11.3 Å². The molecule has 0 saturated heterocycles. The number of nitrogens with one attached hydrogen (secondary N) is 1. The van der Waals surface area contributed by atoms with Crippen LogP contribution in [0.15, 0.2) is 0 Å². The largest absolute Gasteiger partial charge is 0.306 e. The molecule has 0 atom stereocenters. The van der Waals surface area contributed by atoms with Gasteiger partial charge in [-0.2, -0.15) is 0 Å². The average Bonchev–Trinajstić information content (AvgIpc) is 3.03. The van der Waals surface area contributed by atoms with E-state index in [-0.39, 0.29) is 5.54 Å². The minimum absolute atomic E-state index is 0.202. The Hall–Kier alpha value is -0.410. The first-order valence-electron chi connectivity index (χ1n) is 8.51. The van der Waals surface area contributed by atoms with Gasteiger partial charge in [-0.05, 0) is 57.4 Å². The summed E-state index contributed by atoms with van der Waals surface area (Å²) in [6, 6.07) is 0. The number of thiazole rings is 1. The molecule has 20 heavy (non-hydrogen) atoms. The highest BCUT2D eigenvalue weighted by atomic mass is 32.1. The fourth-order valence-corrected chi connectivity index (χ4v) is 5.44. The van der Waals surface area contributed by atoms with E-state index in [0.717, 1.165) is 12.5 Å². The molecule has 3 heteroatoms. The van der Waals surface area contributed by atoms with Crippen molar-refractivity contribution in [2.75, 3.05) is 6.54 Å². The maximum absolute atomic E-state index is 5.03. The molecule has 1 fully saturated rings. The summed E-state index contributed by atoms with van der Waals surface area (Å²) in [5, 5.41) is 5.22. The fraction of sp³-hybridized carbons (Fsp3) is 0.824. The number of nitrogens with zero attached hydrogens (tertiary/aromatic N) is 1. The molecule has 2 aliphatic carbocycles. The molecule has 0 radical (unpaired) electrons. The predicted octanol–water partition coefficient (Wildman–Crippen LogP) is 4.43. The Morgan fingerprint density at radius 2 is 2.05 bits per heavy atom. The summed E-state index contributed by atoms with van der Waals surface area (Å²) in [5.41, 5.74) is 1.62. The molecule has 0 amide bonds. The molecule has 3 rings (SSSR count). The van der Waals surface area contributed by atoms with E-state index in [1.807, 2.05) is 11.3 Å². The third-order valence-electron chi connectivity index (χ3n) is 5.18. The van der Waals surface area contributed by atoms with Crippen molar-refractivity contribution < 1.29 is 0 Å². The second-order valence-electron chi connectivity index (χ2n) is 6.59. The lowest BCUT2D eigenvalue weighted by molar-refractivity contribution is 0.184. The van der Waals surface area contributed by atoms with Gasteiger partial charge < -0.3 is 5.32 Å². The van der Waals surface area contributed by atoms with Crippen molar-refractivity contribution >= 4 is 11.3 Å². The van der Waals surface area contributed by atoms with Crippen LogP contribution in [0.25, 0.3) is 0 Å². The number of aryl methyl sites for hydroxylation is 2.